The van der Waals surface area contributed by atoms with Crippen LogP contribution in [0.2, 0.25) is 0 Å². The highest BCUT2D eigenvalue weighted by Crippen LogP contribution is 2.34. The van der Waals surface area contributed by atoms with Crippen molar-refractivity contribution in [1.82, 2.24) is 0 Å². The van der Waals surface area contributed by atoms with E-state index in [0.717, 1.165) is 12.0 Å². The van der Waals surface area contributed by atoms with Crippen molar-refractivity contribution < 1.29 is 5.11 Å². The van der Waals surface area contributed by atoms with E-state index in [-0.39, 0.29) is 16.9 Å². The summed E-state index contributed by atoms with van der Waals surface area (Å²) in [6.07, 6.45) is 0.968. The summed E-state index contributed by atoms with van der Waals surface area (Å²) in [5.41, 5.74) is 1.14. The zero-order valence-corrected chi connectivity index (χ0v) is 8.74. The summed E-state index contributed by atoms with van der Waals surface area (Å²) >= 11 is 0. The second-order valence-corrected chi connectivity index (χ2v) is 4.03. The highest BCUT2D eigenvalue weighted by Gasteiger charge is 2.19. The molecule has 0 unspecified atom stereocenters. The van der Waals surface area contributed by atoms with Gasteiger partial charge in [-0.1, -0.05) is 26.8 Å². The molecule has 0 aliphatic carbocycles. The molecule has 0 bridgehead atoms. The SMILES string of the molecule is CCC(C)(C)c1ccc(O)c(N=O)c1. The van der Waals surface area contributed by atoms with Gasteiger partial charge in [-0.2, -0.15) is 0 Å². The van der Waals surface area contributed by atoms with Crippen molar-refractivity contribution in [3.8, 4) is 5.75 Å². The lowest BCUT2D eigenvalue weighted by Gasteiger charge is -2.23. The molecule has 0 aliphatic rings. The Labute approximate surface area is 83.7 Å². The lowest BCUT2D eigenvalue weighted by atomic mass is 9.82. The van der Waals surface area contributed by atoms with E-state index in [4.69, 9.17) is 0 Å². The fraction of sp³-hybridized carbons (Fsp3) is 0.455. The smallest absolute Gasteiger partial charge is 0.149 e. The Balaban J connectivity index is 3.19. The molecule has 1 N–H and O–H groups in total. The van der Waals surface area contributed by atoms with Crippen LogP contribution in [0.4, 0.5) is 5.69 Å². The van der Waals surface area contributed by atoms with Crippen LogP contribution in [0, 0.1) is 4.91 Å². The maximum atomic E-state index is 10.4. The first-order valence-electron chi connectivity index (χ1n) is 4.68. The summed E-state index contributed by atoms with van der Waals surface area (Å²) in [6, 6.07) is 4.99. The Morgan fingerprint density at radius 1 is 1.43 bits per heavy atom. The molecule has 1 rings (SSSR count). The topological polar surface area (TPSA) is 49.7 Å². The van der Waals surface area contributed by atoms with E-state index in [0.29, 0.717) is 0 Å². The average molecular weight is 193 g/mol. The number of nitrogens with zero attached hydrogens (tertiary/aromatic N) is 1. The van der Waals surface area contributed by atoms with Crippen LogP contribution < -0.4 is 0 Å². The van der Waals surface area contributed by atoms with Crippen LogP contribution in [0.5, 0.6) is 5.75 Å². The van der Waals surface area contributed by atoms with E-state index in [1.807, 2.05) is 6.07 Å². The largest absolute Gasteiger partial charge is 0.506 e. The Bertz CT molecular complexity index is 345. The summed E-state index contributed by atoms with van der Waals surface area (Å²) < 4.78 is 0. The van der Waals surface area contributed by atoms with Gasteiger partial charge in [0.05, 0.1) is 0 Å². The van der Waals surface area contributed by atoms with Crippen LogP contribution in [-0.2, 0) is 5.41 Å². The number of hydrogen-bond acceptors (Lipinski definition) is 3. The van der Waals surface area contributed by atoms with Crippen molar-refractivity contribution in [3.63, 3.8) is 0 Å². The van der Waals surface area contributed by atoms with E-state index < -0.39 is 0 Å². The van der Waals surface area contributed by atoms with Gasteiger partial charge in [-0.3, -0.25) is 0 Å². The molecule has 14 heavy (non-hydrogen) atoms. The predicted molar refractivity (Wildman–Crippen MR) is 56.9 cm³/mol. The molecule has 0 saturated carbocycles. The molecule has 0 radical (unpaired) electrons. The fourth-order valence-electron chi connectivity index (χ4n) is 1.22. The van der Waals surface area contributed by atoms with E-state index in [1.54, 1.807) is 6.07 Å². The predicted octanol–water partition coefficient (Wildman–Crippen LogP) is 3.48. The molecule has 3 nitrogen and oxygen atoms in total. The average Bonchev–Trinajstić information content (AvgIpc) is 2.18. The summed E-state index contributed by atoms with van der Waals surface area (Å²) in [5, 5.41) is 12.1. The fourth-order valence-corrected chi connectivity index (χ4v) is 1.22. The number of benzene rings is 1. The van der Waals surface area contributed by atoms with Crippen molar-refractivity contribution in [2.45, 2.75) is 32.6 Å². The molecule has 0 saturated heterocycles. The van der Waals surface area contributed by atoms with Gasteiger partial charge in [-0.15, -0.1) is 4.91 Å². The summed E-state index contributed by atoms with van der Waals surface area (Å²) in [4.78, 5) is 10.4. The minimum Gasteiger partial charge on any atom is -0.506 e. The highest BCUT2D eigenvalue weighted by molar-refractivity contribution is 5.53. The molecule has 0 spiro atoms. The monoisotopic (exact) mass is 193 g/mol. The van der Waals surface area contributed by atoms with Gasteiger partial charge in [0, 0.05) is 0 Å². The Morgan fingerprint density at radius 3 is 2.57 bits per heavy atom. The van der Waals surface area contributed by atoms with E-state index in [2.05, 4.69) is 25.9 Å². The molecule has 0 fully saturated rings. The van der Waals surface area contributed by atoms with Crippen molar-refractivity contribution in [2.75, 3.05) is 0 Å². The second-order valence-electron chi connectivity index (χ2n) is 4.03. The highest BCUT2D eigenvalue weighted by atomic mass is 16.3. The Morgan fingerprint density at radius 2 is 2.07 bits per heavy atom. The summed E-state index contributed by atoms with van der Waals surface area (Å²) in [5.74, 6) is -0.0596. The van der Waals surface area contributed by atoms with Crippen molar-refractivity contribution in [1.29, 1.82) is 0 Å². The van der Waals surface area contributed by atoms with Crippen molar-refractivity contribution >= 4 is 5.69 Å². The number of nitroso groups, excluding NO2 is 1. The molecular weight excluding hydrogens is 178 g/mol. The van der Waals surface area contributed by atoms with Gasteiger partial charge < -0.3 is 5.11 Å². The van der Waals surface area contributed by atoms with Gasteiger partial charge in [-0.25, -0.2) is 0 Å². The van der Waals surface area contributed by atoms with Crippen molar-refractivity contribution in [2.24, 2.45) is 5.18 Å². The Kier molecular flexibility index (Phi) is 2.89. The third-order valence-corrected chi connectivity index (χ3v) is 2.74. The van der Waals surface area contributed by atoms with E-state index >= 15 is 0 Å². The minimum absolute atomic E-state index is 0.00708. The van der Waals surface area contributed by atoms with Gasteiger partial charge in [0.25, 0.3) is 0 Å². The molecule has 1 aromatic rings. The lowest BCUT2D eigenvalue weighted by Crippen LogP contribution is -2.14. The normalized spacial score (nSPS) is 11.4. The molecule has 0 atom stereocenters. The van der Waals surface area contributed by atoms with Gasteiger partial charge in [0.2, 0.25) is 0 Å². The van der Waals surface area contributed by atoms with Crippen LogP contribution in [0.1, 0.15) is 32.8 Å². The first kappa shape index (κ1) is 10.7. The van der Waals surface area contributed by atoms with Gasteiger partial charge in [-0.05, 0) is 34.7 Å². The third-order valence-electron chi connectivity index (χ3n) is 2.74. The van der Waals surface area contributed by atoms with Gasteiger partial charge in [0.15, 0.2) is 0 Å². The molecule has 0 heterocycles. The van der Waals surface area contributed by atoms with Crippen molar-refractivity contribution in [3.05, 3.63) is 28.7 Å². The minimum atomic E-state index is -0.0596. The van der Waals surface area contributed by atoms with E-state index in [9.17, 15) is 10.0 Å². The molecule has 0 amide bonds. The van der Waals surface area contributed by atoms with E-state index in [1.165, 1.54) is 6.07 Å². The maximum Gasteiger partial charge on any atom is 0.149 e. The number of phenolic OH excluding ortho intramolecular Hbond substituents is 1. The third kappa shape index (κ3) is 1.92. The molecule has 1 aromatic carbocycles. The lowest BCUT2D eigenvalue weighted by molar-refractivity contribution is 0.473. The molecule has 3 heteroatoms. The van der Waals surface area contributed by atoms with Crippen LogP contribution in [0.25, 0.3) is 0 Å². The first-order valence-corrected chi connectivity index (χ1v) is 4.68. The molecule has 0 aromatic heterocycles. The first-order chi connectivity index (χ1) is 6.51. The Hall–Kier alpha value is -1.38. The van der Waals surface area contributed by atoms with Crippen LogP contribution in [0.15, 0.2) is 23.4 Å². The number of rotatable bonds is 3. The van der Waals surface area contributed by atoms with Crippen LogP contribution in [0.3, 0.4) is 0 Å². The van der Waals surface area contributed by atoms with Gasteiger partial charge in [0.1, 0.15) is 11.4 Å². The number of aromatic hydroxyl groups is 1. The van der Waals surface area contributed by atoms with Crippen LogP contribution in [-0.4, -0.2) is 5.11 Å². The second kappa shape index (κ2) is 3.78. The summed E-state index contributed by atoms with van der Waals surface area (Å²) in [6.45, 7) is 6.27. The zero-order chi connectivity index (χ0) is 10.8. The van der Waals surface area contributed by atoms with Gasteiger partial charge >= 0.3 is 0 Å². The quantitative estimate of drug-likeness (QED) is 0.747. The number of hydrogen-bond donors (Lipinski definition) is 1. The summed E-state index contributed by atoms with van der Waals surface area (Å²) in [7, 11) is 0. The molecular formula is C11H15NO2. The molecule has 76 valence electrons. The molecule has 0 aliphatic heterocycles. The number of phenols is 1. The maximum absolute atomic E-state index is 10.4. The standard InChI is InChI=1S/C11H15NO2/c1-4-11(2,3)8-5-6-10(13)9(7-8)12-14/h5-7,13H,4H2,1-3H3. The zero-order valence-electron chi connectivity index (χ0n) is 8.74. The van der Waals surface area contributed by atoms with Crippen LogP contribution >= 0.6 is 0 Å².